The van der Waals surface area contributed by atoms with Crippen LogP contribution >= 0.6 is 0 Å². The molecule has 1 aromatic rings. The molecule has 1 fully saturated rings. The molecule has 1 aromatic carbocycles. The van der Waals surface area contributed by atoms with E-state index in [1.807, 2.05) is 0 Å². The second-order valence-electron chi connectivity index (χ2n) is 4.00. The first-order chi connectivity index (χ1) is 9.15. The van der Waals surface area contributed by atoms with E-state index in [0.29, 0.717) is 5.69 Å². The molecule has 100 valence electrons. The van der Waals surface area contributed by atoms with Crippen molar-refractivity contribution >= 4 is 23.6 Å². The van der Waals surface area contributed by atoms with Gasteiger partial charge < -0.3 is 10.1 Å². The zero-order valence-electron chi connectivity index (χ0n) is 10.5. The third kappa shape index (κ3) is 2.57. The minimum atomic E-state index is -0.988. The van der Waals surface area contributed by atoms with Gasteiger partial charge in [0.2, 0.25) is 0 Å². The standard InChI is InChI=1S/C13H14N2O4/c1-2-19-12(17)10-8-14-13(18)15(11(10)16)9-6-4-3-5-7-9/h3-7,10H,2,8H2,1H3,(H,14,18). The molecule has 19 heavy (non-hydrogen) atoms. The van der Waals surface area contributed by atoms with Gasteiger partial charge in [-0.3, -0.25) is 9.59 Å². The molecular weight excluding hydrogens is 248 g/mol. The van der Waals surface area contributed by atoms with Crippen LogP contribution in [0.1, 0.15) is 6.92 Å². The van der Waals surface area contributed by atoms with E-state index in [-0.39, 0.29) is 13.2 Å². The fourth-order valence-electron chi connectivity index (χ4n) is 1.86. The second kappa shape index (κ2) is 5.51. The van der Waals surface area contributed by atoms with E-state index in [1.54, 1.807) is 37.3 Å². The number of rotatable bonds is 3. The van der Waals surface area contributed by atoms with Crippen molar-refractivity contribution in [2.45, 2.75) is 6.92 Å². The molecule has 0 radical (unpaired) electrons. The highest BCUT2D eigenvalue weighted by atomic mass is 16.5. The maximum atomic E-state index is 12.2. The number of hydrogen-bond acceptors (Lipinski definition) is 4. The van der Waals surface area contributed by atoms with Crippen LogP contribution in [0.3, 0.4) is 0 Å². The number of hydrogen-bond donors (Lipinski definition) is 1. The predicted octanol–water partition coefficient (Wildman–Crippen LogP) is 0.922. The van der Waals surface area contributed by atoms with Crippen LogP contribution in [0.5, 0.6) is 0 Å². The minimum absolute atomic E-state index is 0.0279. The highest BCUT2D eigenvalue weighted by Crippen LogP contribution is 2.20. The van der Waals surface area contributed by atoms with Gasteiger partial charge in [-0.1, -0.05) is 18.2 Å². The highest BCUT2D eigenvalue weighted by Gasteiger charge is 2.40. The Balaban J connectivity index is 2.25. The summed E-state index contributed by atoms with van der Waals surface area (Å²) in [7, 11) is 0. The Morgan fingerprint density at radius 3 is 2.68 bits per heavy atom. The molecule has 1 N–H and O–H groups in total. The number of carbonyl (C=O) groups excluding carboxylic acids is 3. The lowest BCUT2D eigenvalue weighted by Gasteiger charge is -2.30. The topological polar surface area (TPSA) is 75.7 Å². The summed E-state index contributed by atoms with van der Waals surface area (Å²) in [5, 5.41) is 2.52. The van der Waals surface area contributed by atoms with Crippen molar-refractivity contribution in [2.75, 3.05) is 18.1 Å². The number of imide groups is 1. The van der Waals surface area contributed by atoms with E-state index in [9.17, 15) is 14.4 Å². The van der Waals surface area contributed by atoms with Crippen LogP contribution in [0.15, 0.2) is 30.3 Å². The molecule has 0 aliphatic carbocycles. The van der Waals surface area contributed by atoms with Gasteiger partial charge in [-0.25, -0.2) is 9.69 Å². The molecule has 1 unspecified atom stereocenters. The highest BCUT2D eigenvalue weighted by molar-refractivity contribution is 6.21. The molecule has 6 heteroatoms. The number of anilines is 1. The first-order valence-corrected chi connectivity index (χ1v) is 5.98. The zero-order valence-corrected chi connectivity index (χ0v) is 10.5. The molecule has 1 aliphatic heterocycles. The molecule has 1 saturated heterocycles. The lowest BCUT2D eigenvalue weighted by Crippen LogP contribution is -2.57. The van der Waals surface area contributed by atoms with Crippen molar-refractivity contribution in [1.82, 2.24) is 5.32 Å². The lowest BCUT2D eigenvalue weighted by atomic mass is 10.1. The molecule has 1 atom stereocenters. The van der Waals surface area contributed by atoms with Crippen molar-refractivity contribution in [3.8, 4) is 0 Å². The molecule has 2 rings (SSSR count). The normalized spacial score (nSPS) is 19.0. The molecule has 1 aliphatic rings. The Hall–Kier alpha value is -2.37. The average molecular weight is 262 g/mol. The summed E-state index contributed by atoms with van der Waals surface area (Å²) in [5.74, 6) is -2.17. The van der Waals surface area contributed by atoms with Gasteiger partial charge in [0.05, 0.1) is 12.3 Å². The van der Waals surface area contributed by atoms with Crippen molar-refractivity contribution in [2.24, 2.45) is 5.92 Å². The Kier molecular flexibility index (Phi) is 3.79. The third-order valence-electron chi connectivity index (χ3n) is 2.76. The lowest BCUT2D eigenvalue weighted by molar-refractivity contribution is -0.151. The maximum absolute atomic E-state index is 12.2. The average Bonchev–Trinajstić information content (AvgIpc) is 2.40. The van der Waals surface area contributed by atoms with Crippen molar-refractivity contribution < 1.29 is 19.1 Å². The molecule has 0 spiro atoms. The Labute approximate surface area is 110 Å². The number of para-hydroxylation sites is 1. The fraction of sp³-hybridized carbons (Fsp3) is 0.308. The Morgan fingerprint density at radius 2 is 2.05 bits per heavy atom. The number of benzene rings is 1. The SMILES string of the molecule is CCOC(=O)C1CNC(=O)N(c2ccccc2)C1=O. The number of esters is 1. The van der Waals surface area contributed by atoms with E-state index in [4.69, 9.17) is 4.74 Å². The van der Waals surface area contributed by atoms with E-state index >= 15 is 0 Å². The minimum Gasteiger partial charge on any atom is -0.465 e. The largest absolute Gasteiger partial charge is 0.465 e. The molecule has 0 saturated carbocycles. The van der Waals surface area contributed by atoms with Crippen LogP contribution < -0.4 is 10.2 Å². The van der Waals surface area contributed by atoms with Gasteiger partial charge in [-0.15, -0.1) is 0 Å². The number of nitrogens with zero attached hydrogens (tertiary/aromatic N) is 1. The van der Waals surface area contributed by atoms with Crippen LogP contribution in [-0.4, -0.2) is 31.1 Å². The summed E-state index contributed by atoms with van der Waals surface area (Å²) in [4.78, 5) is 36.6. The van der Waals surface area contributed by atoms with E-state index in [1.165, 1.54) is 0 Å². The Morgan fingerprint density at radius 1 is 1.37 bits per heavy atom. The van der Waals surface area contributed by atoms with Crippen molar-refractivity contribution in [3.05, 3.63) is 30.3 Å². The number of urea groups is 1. The predicted molar refractivity (Wildman–Crippen MR) is 67.4 cm³/mol. The molecule has 6 nitrogen and oxygen atoms in total. The third-order valence-corrected chi connectivity index (χ3v) is 2.76. The zero-order chi connectivity index (χ0) is 13.8. The van der Waals surface area contributed by atoms with Crippen LogP contribution in [-0.2, 0) is 14.3 Å². The smallest absolute Gasteiger partial charge is 0.328 e. The Bertz CT molecular complexity index is 501. The first-order valence-electron chi connectivity index (χ1n) is 5.98. The van der Waals surface area contributed by atoms with Gasteiger partial charge in [0.15, 0.2) is 5.92 Å². The van der Waals surface area contributed by atoms with Gasteiger partial charge in [0, 0.05) is 6.54 Å². The monoisotopic (exact) mass is 262 g/mol. The van der Waals surface area contributed by atoms with Crippen LogP contribution in [0.25, 0.3) is 0 Å². The number of nitrogens with one attached hydrogen (secondary N) is 1. The molecule has 0 bridgehead atoms. The van der Waals surface area contributed by atoms with Crippen LogP contribution in [0.4, 0.5) is 10.5 Å². The number of amides is 3. The quantitative estimate of drug-likeness (QED) is 0.649. The van der Waals surface area contributed by atoms with Crippen LogP contribution in [0, 0.1) is 5.92 Å². The summed E-state index contributed by atoms with van der Waals surface area (Å²) < 4.78 is 4.83. The summed E-state index contributed by atoms with van der Waals surface area (Å²) in [6.45, 7) is 1.83. The summed E-state index contributed by atoms with van der Waals surface area (Å²) in [6, 6.07) is 7.93. The van der Waals surface area contributed by atoms with Gasteiger partial charge in [0.1, 0.15) is 0 Å². The van der Waals surface area contributed by atoms with Gasteiger partial charge in [0.25, 0.3) is 5.91 Å². The molecule has 0 aromatic heterocycles. The maximum Gasteiger partial charge on any atom is 0.328 e. The first kappa shape index (κ1) is 13.1. The van der Waals surface area contributed by atoms with Gasteiger partial charge in [-0.2, -0.15) is 0 Å². The fourth-order valence-corrected chi connectivity index (χ4v) is 1.86. The van der Waals surface area contributed by atoms with E-state index < -0.39 is 23.8 Å². The van der Waals surface area contributed by atoms with Crippen molar-refractivity contribution in [3.63, 3.8) is 0 Å². The summed E-state index contributed by atoms with van der Waals surface area (Å²) in [6.07, 6.45) is 0. The van der Waals surface area contributed by atoms with Gasteiger partial charge >= 0.3 is 12.0 Å². The number of carbonyl (C=O) groups is 3. The molecule has 3 amide bonds. The van der Waals surface area contributed by atoms with E-state index in [2.05, 4.69) is 5.32 Å². The van der Waals surface area contributed by atoms with Gasteiger partial charge in [-0.05, 0) is 19.1 Å². The second-order valence-corrected chi connectivity index (χ2v) is 4.00. The van der Waals surface area contributed by atoms with Crippen molar-refractivity contribution in [1.29, 1.82) is 0 Å². The molecular formula is C13H14N2O4. The number of ether oxygens (including phenoxy) is 1. The summed E-state index contributed by atoms with van der Waals surface area (Å²) in [5.41, 5.74) is 0.430. The summed E-state index contributed by atoms with van der Waals surface area (Å²) >= 11 is 0. The molecule has 1 heterocycles. The van der Waals surface area contributed by atoms with E-state index in [0.717, 1.165) is 4.90 Å². The van der Waals surface area contributed by atoms with Crippen LogP contribution in [0.2, 0.25) is 0 Å².